The van der Waals surface area contributed by atoms with E-state index in [9.17, 15) is 4.79 Å². The van der Waals surface area contributed by atoms with Gasteiger partial charge in [-0.3, -0.25) is 4.79 Å². The lowest BCUT2D eigenvalue weighted by molar-refractivity contribution is 0.0872. The predicted octanol–water partition coefficient (Wildman–Crippen LogP) is 3.32. The lowest BCUT2D eigenvalue weighted by Crippen LogP contribution is -2.36. The first-order valence-corrected chi connectivity index (χ1v) is 7.38. The highest BCUT2D eigenvalue weighted by Crippen LogP contribution is 2.20. The maximum Gasteiger partial charge on any atom is 0.253 e. The molecule has 0 aliphatic heterocycles. The van der Waals surface area contributed by atoms with Crippen molar-refractivity contribution in [2.45, 2.75) is 33.2 Å². The minimum Gasteiger partial charge on any atom is -0.384 e. The lowest BCUT2D eigenvalue weighted by atomic mass is 10.1. The molecule has 112 valence electrons. The number of ether oxygens (including phenoxy) is 1. The van der Waals surface area contributed by atoms with E-state index in [1.807, 2.05) is 19.9 Å². The number of rotatable bonds is 8. The van der Waals surface area contributed by atoms with Crippen molar-refractivity contribution < 1.29 is 9.53 Å². The molecule has 0 aromatic heterocycles. The van der Waals surface area contributed by atoms with Crippen LogP contribution in [0.3, 0.4) is 0 Å². The highest BCUT2D eigenvalue weighted by molar-refractivity contribution is 6.31. The minimum absolute atomic E-state index is 0.0412. The van der Waals surface area contributed by atoms with Gasteiger partial charge in [0.15, 0.2) is 0 Å². The normalized spacial score (nSPS) is 12.0. The molecule has 0 saturated heterocycles. The second kappa shape index (κ2) is 8.82. The van der Waals surface area contributed by atoms with E-state index in [0.29, 0.717) is 23.8 Å². The Morgan fingerprint density at radius 2 is 2.15 bits per heavy atom. The number of benzene rings is 1. The van der Waals surface area contributed by atoms with Gasteiger partial charge in [-0.25, -0.2) is 0 Å². The van der Waals surface area contributed by atoms with Gasteiger partial charge in [0.1, 0.15) is 0 Å². The Hall–Kier alpha value is -1.26. The third-order valence-corrected chi connectivity index (χ3v) is 2.98. The summed E-state index contributed by atoms with van der Waals surface area (Å²) in [4.78, 5) is 12.3. The summed E-state index contributed by atoms with van der Waals surface area (Å²) in [5, 5.41) is 6.70. The van der Waals surface area contributed by atoms with Crippen LogP contribution in [0.1, 0.15) is 37.6 Å². The van der Waals surface area contributed by atoms with Crippen LogP contribution in [-0.4, -0.2) is 31.7 Å². The van der Waals surface area contributed by atoms with E-state index in [1.165, 1.54) is 0 Å². The Kier molecular flexibility index (Phi) is 7.41. The molecule has 0 saturated carbocycles. The highest BCUT2D eigenvalue weighted by atomic mass is 35.5. The number of anilines is 1. The van der Waals surface area contributed by atoms with Crippen LogP contribution in [0, 0.1) is 0 Å². The number of halogens is 1. The molecule has 20 heavy (non-hydrogen) atoms. The summed E-state index contributed by atoms with van der Waals surface area (Å²) < 4.78 is 5.29. The fourth-order valence-electron chi connectivity index (χ4n) is 1.76. The summed E-state index contributed by atoms with van der Waals surface area (Å²) >= 11 is 5.98. The minimum atomic E-state index is -0.140. The van der Waals surface area contributed by atoms with Crippen LogP contribution < -0.4 is 10.6 Å². The molecule has 1 aromatic carbocycles. The van der Waals surface area contributed by atoms with Crippen LogP contribution in [-0.2, 0) is 4.74 Å². The number of carbonyl (C=O) groups is 1. The van der Waals surface area contributed by atoms with Gasteiger partial charge in [0, 0.05) is 29.9 Å². The topological polar surface area (TPSA) is 50.4 Å². The zero-order chi connectivity index (χ0) is 15.0. The SMILES string of the molecule is CCCNc1ccc(Cl)cc1C(=O)NC(C)COCC. The lowest BCUT2D eigenvalue weighted by Gasteiger charge is -2.16. The van der Waals surface area contributed by atoms with E-state index >= 15 is 0 Å². The fraction of sp³-hybridized carbons (Fsp3) is 0.533. The zero-order valence-corrected chi connectivity index (χ0v) is 13.1. The highest BCUT2D eigenvalue weighted by Gasteiger charge is 2.14. The summed E-state index contributed by atoms with van der Waals surface area (Å²) in [6.45, 7) is 7.87. The molecule has 0 spiro atoms. The average Bonchev–Trinajstić information content (AvgIpc) is 2.43. The van der Waals surface area contributed by atoms with Gasteiger partial charge in [-0.05, 0) is 38.5 Å². The van der Waals surface area contributed by atoms with Crippen LogP contribution in [0.25, 0.3) is 0 Å². The second-order valence-electron chi connectivity index (χ2n) is 4.65. The van der Waals surface area contributed by atoms with Crippen molar-refractivity contribution in [1.82, 2.24) is 5.32 Å². The number of carbonyl (C=O) groups excluding carboxylic acids is 1. The van der Waals surface area contributed by atoms with E-state index in [0.717, 1.165) is 18.7 Å². The largest absolute Gasteiger partial charge is 0.384 e. The summed E-state index contributed by atoms with van der Waals surface area (Å²) in [5.74, 6) is -0.140. The molecule has 2 N–H and O–H groups in total. The molecule has 0 aliphatic carbocycles. The number of amides is 1. The molecule has 1 rings (SSSR count). The average molecular weight is 299 g/mol. The molecular weight excluding hydrogens is 276 g/mol. The van der Waals surface area contributed by atoms with Crippen molar-refractivity contribution in [3.63, 3.8) is 0 Å². The molecule has 0 heterocycles. The molecule has 4 nitrogen and oxygen atoms in total. The molecule has 1 unspecified atom stereocenters. The molecule has 0 bridgehead atoms. The van der Waals surface area contributed by atoms with Gasteiger partial charge in [0.2, 0.25) is 0 Å². The molecule has 0 radical (unpaired) electrons. The van der Waals surface area contributed by atoms with E-state index in [2.05, 4.69) is 17.6 Å². The van der Waals surface area contributed by atoms with Gasteiger partial charge >= 0.3 is 0 Å². The number of nitrogens with one attached hydrogen (secondary N) is 2. The standard InChI is InChI=1S/C15H23ClN2O2/c1-4-8-17-14-7-6-12(16)9-13(14)15(19)18-11(3)10-20-5-2/h6-7,9,11,17H,4-5,8,10H2,1-3H3,(H,18,19). The van der Waals surface area contributed by atoms with Crippen molar-refractivity contribution in [3.05, 3.63) is 28.8 Å². The first kappa shape index (κ1) is 16.8. The van der Waals surface area contributed by atoms with Gasteiger partial charge in [0.05, 0.1) is 12.2 Å². The van der Waals surface area contributed by atoms with Gasteiger partial charge in [-0.2, -0.15) is 0 Å². The number of hydrogen-bond acceptors (Lipinski definition) is 3. The van der Waals surface area contributed by atoms with Crippen LogP contribution in [0.5, 0.6) is 0 Å². The van der Waals surface area contributed by atoms with Crippen molar-refractivity contribution >= 4 is 23.2 Å². The smallest absolute Gasteiger partial charge is 0.253 e. The monoisotopic (exact) mass is 298 g/mol. The quantitative estimate of drug-likeness (QED) is 0.774. The first-order chi connectivity index (χ1) is 9.58. The molecule has 1 amide bonds. The van der Waals surface area contributed by atoms with Crippen molar-refractivity contribution in [1.29, 1.82) is 0 Å². The van der Waals surface area contributed by atoms with E-state index in [-0.39, 0.29) is 11.9 Å². The first-order valence-electron chi connectivity index (χ1n) is 7.00. The van der Waals surface area contributed by atoms with E-state index in [4.69, 9.17) is 16.3 Å². The second-order valence-corrected chi connectivity index (χ2v) is 5.09. The summed E-state index contributed by atoms with van der Waals surface area (Å²) in [7, 11) is 0. The molecular formula is C15H23ClN2O2. The van der Waals surface area contributed by atoms with Gasteiger partial charge in [-0.1, -0.05) is 18.5 Å². The van der Waals surface area contributed by atoms with Crippen LogP contribution in [0.15, 0.2) is 18.2 Å². The molecule has 0 aliphatic rings. The fourth-order valence-corrected chi connectivity index (χ4v) is 1.93. The third kappa shape index (κ3) is 5.39. The Balaban J connectivity index is 2.76. The predicted molar refractivity (Wildman–Crippen MR) is 83.7 cm³/mol. The van der Waals surface area contributed by atoms with E-state index < -0.39 is 0 Å². The van der Waals surface area contributed by atoms with Crippen LogP contribution in [0.4, 0.5) is 5.69 Å². The summed E-state index contributed by atoms with van der Waals surface area (Å²) in [5.41, 5.74) is 1.37. The molecule has 1 atom stereocenters. The summed E-state index contributed by atoms with van der Waals surface area (Å²) in [6, 6.07) is 5.25. The van der Waals surface area contributed by atoms with Crippen molar-refractivity contribution in [2.24, 2.45) is 0 Å². The molecule has 5 heteroatoms. The Bertz CT molecular complexity index is 438. The maximum atomic E-state index is 12.3. The molecule has 0 fully saturated rings. The van der Waals surface area contributed by atoms with Crippen molar-refractivity contribution in [3.8, 4) is 0 Å². The van der Waals surface area contributed by atoms with E-state index in [1.54, 1.807) is 12.1 Å². The van der Waals surface area contributed by atoms with Crippen LogP contribution in [0.2, 0.25) is 5.02 Å². The van der Waals surface area contributed by atoms with Gasteiger partial charge in [-0.15, -0.1) is 0 Å². The van der Waals surface area contributed by atoms with Gasteiger partial charge in [0.25, 0.3) is 5.91 Å². The summed E-state index contributed by atoms with van der Waals surface area (Å²) in [6.07, 6.45) is 0.991. The number of hydrogen-bond donors (Lipinski definition) is 2. The zero-order valence-electron chi connectivity index (χ0n) is 12.3. The van der Waals surface area contributed by atoms with Crippen molar-refractivity contribution in [2.75, 3.05) is 25.1 Å². The Labute approximate surface area is 125 Å². The third-order valence-electron chi connectivity index (χ3n) is 2.74. The Morgan fingerprint density at radius 3 is 2.80 bits per heavy atom. The maximum absolute atomic E-state index is 12.3. The Morgan fingerprint density at radius 1 is 1.40 bits per heavy atom. The van der Waals surface area contributed by atoms with Gasteiger partial charge < -0.3 is 15.4 Å². The molecule has 1 aromatic rings. The van der Waals surface area contributed by atoms with Crippen LogP contribution >= 0.6 is 11.6 Å².